The van der Waals surface area contributed by atoms with E-state index in [1.54, 1.807) is 53.3 Å². The van der Waals surface area contributed by atoms with Crippen LogP contribution in [0, 0.1) is 0 Å². The number of nitrogens with one attached hydrogen (secondary N) is 1. The topological polar surface area (TPSA) is 89.4 Å². The molecule has 142 valence electrons. The molecule has 2 aromatic heterocycles. The maximum absolute atomic E-state index is 13.3. The van der Waals surface area contributed by atoms with Crippen molar-refractivity contribution in [2.24, 2.45) is 7.05 Å². The number of para-hydroxylation sites is 2. The summed E-state index contributed by atoms with van der Waals surface area (Å²) in [7, 11) is 3.37. The van der Waals surface area contributed by atoms with Gasteiger partial charge in [0.2, 0.25) is 0 Å². The fraction of sp³-hybridized carbons (Fsp3) is 0.200. The number of amides is 2. The molecule has 1 aromatic carbocycles. The Morgan fingerprint density at radius 3 is 2.75 bits per heavy atom. The molecule has 28 heavy (non-hydrogen) atoms. The van der Waals surface area contributed by atoms with E-state index in [0.29, 0.717) is 17.0 Å². The Labute approximate surface area is 161 Å². The lowest BCUT2D eigenvalue weighted by Crippen LogP contribution is -2.50. The maximum atomic E-state index is 13.3. The summed E-state index contributed by atoms with van der Waals surface area (Å²) >= 11 is 0. The Bertz CT molecular complexity index is 1050. The van der Waals surface area contributed by atoms with Crippen molar-refractivity contribution < 1.29 is 14.3 Å². The summed E-state index contributed by atoms with van der Waals surface area (Å²) in [5.41, 5.74) is 2.71. The van der Waals surface area contributed by atoms with E-state index in [4.69, 9.17) is 4.74 Å². The van der Waals surface area contributed by atoms with Crippen molar-refractivity contribution in [2.45, 2.75) is 6.10 Å². The number of carbonyl (C=O) groups is 2. The van der Waals surface area contributed by atoms with Crippen LogP contribution in [0.15, 0.2) is 55.1 Å². The lowest BCUT2D eigenvalue weighted by atomic mass is 10.1. The number of carbonyl (C=O) groups excluding carboxylic acids is 2. The van der Waals surface area contributed by atoms with E-state index in [1.807, 2.05) is 19.3 Å². The second-order valence-electron chi connectivity index (χ2n) is 6.47. The predicted molar refractivity (Wildman–Crippen MR) is 103 cm³/mol. The molecular weight excluding hydrogens is 358 g/mol. The van der Waals surface area contributed by atoms with Crippen LogP contribution >= 0.6 is 0 Å². The number of aryl methyl sites for hydroxylation is 1. The molecule has 8 nitrogen and oxygen atoms in total. The predicted octanol–water partition coefficient (Wildman–Crippen LogP) is 1.64. The van der Waals surface area contributed by atoms with Gasteiger partial charge in [-0.05, 0) is 18.2 Å². The van der Waals surface area contributed by atoms with E-state index < -0.39 is 6.10 Å². The third-order valence-electron chi connectivity index (χ3n) is 4.58. The first kappa shape index (κ1) is 17.7. The molecule has 2 amide bonds. The molecule has 0 fully saturated rings. The monoisotopic (exact) mass is 377 g/mol. The smallest absolute Gasteiger partial charge is 0.262 e. The van der Waals surface area contributed by atoms with Gasteiger partial charge in [0.25, 0.3) is 11.8 Å². The summed E-state index contributed by atoms with van der Waals surface area (Å²) in [6.07, 6.45) is 6.01. The SMILES string of the molecule is CNC(=O)C1CN(C(=O)c2cncc(-c3cnn(C)c3)c2)c2ccccc2O1. The van der Waals surface area contributed by atoms with E-state index in [-0.39, 0.29) is 18.4 Å². The summed E-state index contributed by atoms with van der Waals surface area (Å²) in [5.74, 6) is -0.0375. The van der Waals surface area contributed by atoms with E-state index in [1.165, 1.54) is 6.20 Å². The van der Waals surface area contributed by atoms with Crippen LogP contribution in [0.5, 0.6) is 5.75 Å². The van der Waals surface area contributed by atoms with Gasteiger partial charge in [-0.2, -0.15) is 5.10 Å². The fourth-order valence-electron chi connectivity index (χ4n) is 3.17. The van der Waals surface area contributed by atoms with Gasteiger partial charge in [0.1, 0.15) is 5.75 Å². The highest BCUT2D eigenvalue weighted by atomic mass is 16.5. The normalized spacial score (nSPS) is 15.5. The van der Waals surface area contributed by atoms with Crippen LogP contribution in [-0.4, -0.2) is 46.3 Å². The highest BCUT2D eigenvalue weighted by molar-refractivity contribution is 6.08. The van der Waals surface area contributed by atoms with Gasteiger partial charge < -0.3 is 15.0 Å². The molecule has 1 unspecified atom stereocenters. The minimum Gasteiger partial charge on any atom is -0.477 e. The number of fused-ring (bicyclic) bond motifs is 1. The Morgan fingerprint density at radius 1 is 1.18 bits per heavy atom. The molecule has 0 saturated carbocycles. The van der Waals surface area contributed by atoms with Gasteiger partial charge in [-0.1, -0.05) is 12.1 Å². The lowest BCUT2D eigenvalue weighted by molar-refractivity contribution is -0.127. The molecule has 3 aromatic rings. The summed E-state index contributed by atoms with van der Waals surface area (Å²) in [6.45, 7) is 0.118. The first-order chi connectivity index (χ1) is 13.6. The number of nitrogens with zero attached hydrogens (tertiary/aromatic N) is 4. The van der Waals surface area contributed by atoms with Crippen LogP contribution in [0.3, 0.4) is 0 Å². The number of benzene rings is 1. The number of ether oxygens (including phenoxy) is 1. The van der Waals surface area contributed by atoms with Crippen LogP contribution in [0.4, 0.5) is 5.69 Å². The van der Waals surface area contributed by atoms with Crippen molar-refractivity contribution in [3.8, 4) is 16.9 Å². The lowest BCUT2D eigenvalue weighted by Gasteiger charge is -2.34. The van der Waals surface area contributed by atoms with E-state index >= 15 is 0 Å². The van der Waals surface area contributed by atoms with Crippen molar-refractivity contribution in [2.75, 3.05) is 18.5 Å². The average molecular weight is 377 g/mol. The molecule has 0 bridgehead atoms. The largest absolute Gasteiger partial charge is 0.477 e. The number of aromatic nitrogens is 3. The Kier molecular flexibility index (Phi) is 4.52. The van der Waals surface area contributed by atoms with Crippen LogP contribution in [0.1, 0.15) is 10.4 Å². The van der Waals surface area contributed by atoms with Gasteiger partial charge in [-0.3, -0.25) is 19.3 Å². The Morgan fingerprint density at radius 2 is 2.00 bits per heavy atom. The van der Waals surface area contributed by atoms with Gasteiger partial charge in [-0.25, -0.2) is 0 Å². The number of anilines is 1. The number of hydrogen-bond acceptors (Lipinski definition) is 5. The summed E-state index contributed by atoms with van der Waals surface area (Å²) in [6, 6.07) is 8.95. The highest BCUT2D eigenvalue weighted by Gasteiger charge is 2.33. The van der Waals surface area contributed by atoms with Gasteiger partial charge >= 0.3 is 0 Å². The molecule has 0 spiro atoms. The zero-order valence-corrected chi connectivity index (χ0v) is 15.5. The van der Waals surface area contributed by atoms with Crippen LogP contribution < -0.4 is 15.0 Å². The third kappa shape index (κ3) is 3.20. The van der Waals surface area contributed by atoms with Crippen molar-refractivity contribution in [3.63, 3.8) is 0 Å². The summed E-state index contributed by atoms with van der Waals surface area (Å²) < 4.78 is 7.45. The number of likely N-dealkylation sites (N-methyl/N-ethyl adjacent to an activating group) is 1. The second-order valence-corrected chi connectivity index (χ2v) is 6.47. The third-order valence-corrected chi connectivity index (χ3v) is 4.58. The van der Waals surface area contributed by atoms with Crippen LogP contribution in [-0.2, 0) is 11.8 Å². The van der Waals surface area contributed by atoms with E-state index in [9.17, 15) is 9.59 Å². The first-order valence-corrected chi connectivity index (χ1v) is 8.80. The van der Waals surface area contributed by atoms with Crippen molar-refractivity contribution in [1.29, 1.82) is 0 Å². The molecule has 1 atom stereocenters. The molecule has 1 aliphatic rings. The molecular formula is C20H19N5O3. The van der Waals surface area contributed by atoms with Crippen molar-refractivity contribution in [3.05, 3.63) is 60.7 Å². The van der Waals surface area contributed by atoms with Crippen LogP contribution in [0.2, 0.25) is 0 Å². The minimum absolute atomic E-state index is 0.118. The molecule has 8 heteroatoms. The van der Waals surface area contributed by atoms with Crippen LogP contribution in [0.25, 0.3) is 11.1 Å². The maximum Gasteiger partial charge on any atom is 0.262 e. The van der Waals surface area contributed by atoms with Crippen molar-refractivity contribution >= 4 is 17.5 Å². The standard InChI is InChI=1S/C20H19N5O3/c1-21-19(26)18-12-25(16-5-3-4-6-17(16)28-18)20(27)14-7-13(8-22-9-14)15-10-23-24(2)11-15/h3-11,18H,12H2,1-2H3,(H,21,26). The summed E-state index contributed by atoms with van der Waals surface area (Å²) in [4.78, 5) is 31.2. The van der Waals surface area contributed by atoms with Crippen molar-refractivity contribution in [1.82, 2.24) is 20.1 Å². The average Bonchev–Trinajstić information content (AvgIpc) is 3.18. The number of hydrogen-bond donors (Lipinski definition) is 1. The van der Waals surface area contributed by atoms with E-state index in [2.05, 4.69) is 15.4 Å². The zero-order chi connectivity index (χ0) is 19.7. The molecule has 3 heterocycles. The van der Waals surface area contributed by atoms with Gasteiger partial charge in [0, 0.05) is 43.8 Å². The van der Waals surface area contributed by atoms with Gasteiger partial charge in [-0.15, -0.1) is 0 Å². The molecule has 0 radical (unpaired) electrons. The Balaban J connectivity index is 1.70. The zero-order valence-electron chi connectivity index (χ0n) is 15.5. The molecule has 1 N–H and O–H groups in total. The molecule has 0 aliphatic carbocycles. The van der Waals surface area contributed by atoms with Gasteiger partial charge in [0.05, 0.1) is 24.0 Å². The first-order valence-electron chi connectivity index (χ1n) is 8.80. The van der Waals surface area contributed by atoms with Gasteiger partial charge in [0.15, 0.2) is 6.10 Å². The summed E-state index contributed by atoms with van der Waals surface area (Å²) in [5, 5.41) is 6.73. The Hall–Kier alpha value is -3.68. The minimum atomic E-state index is -0.779. The molecule has 1 aliphatic heterocycles. The molecule has 0 saturated heterocycles. The number of pyridine rings is 1. The number of rotatable bonds is 3. The van der Waals surface area contributed by atoms with E-state index in [0.717, 1.165) is 11.1 Å². The molecule has 4 rings (SSSR count). The second kappa shape index (κ2) is 7.15. The fourth-order valence-corrected chi connectivity index (χ4v) is 3.17. The quantitative estimate of drug-likeness (QED) is 0.749. The highest BCUT2D eigenvalue weighted by Crippen LogP contribution is 2.34.